The van der Waals surface area contributed by atoms with E-state index < -0.39 is 0 Å². The Hall–Kier alpha value is -1.73. The van der Waals surface area contributed by atoms with E-state index in [1.807, 2.05) is 0 Å². The van der Waals surface area contributed by atoms with Crippen LogP contribution in [0.5, 0.6) is 0 Å². The Morgan fingerprint density at radius 1 is 1.04 bits per heavy atom. The van der Waals surface area contributed by atoms with Crippen molar-refractivity contribution in [2.75, 3.05) is 26.2 Å². The first-order valence-electron chi connectivity index (χ1n) is 10.0. The Morgan fingerprint density at radius 3 is 2.62 bits per heavy atom. The smallest absolute Gasteiger partial charge is 0.146 e. The normalized spacial score (nSPS) is 22.8. The number of aromatic amines is 1. The molecule has 142 valence electrons. The van der Waals surface area contributed by atoms with E-state index in [-0.39, 0.29) is 0 Å². The predicted molar refractivity (Wildman–Crippen MR) is 101 cm³/mol. The molecule has 0 unspecified atom stereocenters. The van der Waals surface area contributed by atoms with Gasteiger partial charge in [0.1, 0.15) is 11.6 Å². The maximum atomic E-state index is 4.59. The molecule has 2 aromatic heterocycles. The number of aromatic nitrogens is 5. The molecule has 26 heavy (non-hydrogen) atoms. The molecule has 1 N–H and O–H groups in total. The summed E-state index contributed by atoms with van der Waals surface area (Å²) in [6.45, 7) is 8.53. The average Bonchev–Trinajstić information content (AvgIpc) is 3.22. The third-order valence-electron chi connectivity index (χ3n) is 5.99. The number of likely N-dealkylation sites (tertiary alicyclic amines) is 2. The minimum absolute atomic E-state index is 0.468. The van der Waals surface area contributed by atoms with Crippen LogP contribution in [0.4, 0.5) is 0 Å². The van der Waals surface area contributed by atoms with Gasteiger partial charge in [-0.05, 0) is 52.2 Å². The van der Waals surface area contributed by atoms with Crippen LogP contribution in [-0.4, -0.2) is 60.7 Å². The number of aryl methyl sites for hydroxylation is 1. The van der Waals surface area contributed by atoms with Crippen LogP contribution >= 0.6 is 0 Å². The van der Waals surface area contributed by atoms with E-state index in [1.165, 1.54) is 50.9 Å². The van der Waals surface area contributed by atoms with Gasteiger partial charge in [-0.3, -0.25) is 9.80 Å². The highest BCUT2D eigenvalue weighted by Crippen LogP contribution is 2.27. The third-order valence-corrected chi connectivity index (χ3v) is 5.99. The first kappa shape index (κ1) is 17.7. The van der Waals surface area contributed by atoms with Crippen molar-refractivity contribution in [1.29, 1.82) is 0 Å². The van der Waals surface area contributed by atoms with Crippen LogP contribution in [0, 0.1) is 6.92 Å². The highest BCUT2D eigenvalue weighted by Gasteiger charge is 2.27. The lowest BCUT2D eigenvalue weighted by molar-refractivity contribution is 0.192. The fraction of sp³-hybridized carbons (Fsp3) is 0.737. The third kappa shape index (κ3) is 3.83. The van der Waals surface area contributed by atoms with Crippen molar-refractivity contribution in [3.8, 4) is 0 Å². The molecule has 0 spiro atoms. The molecule has 4 heterocycles. The minimum atomic E-state index is 0.468. The quantitative estimate of drug-likeness (QED) is 0.889. The molecular formula is C19H31N7. The fourth-order valence-corrected chi connectivity index (χ4v) is 4.35. The molecule has 0 aromatic carbocycles. The standard InChI is InChI=1S/C19H31N7/c1-15-17(21-14-20-15)12-26-10-6-7-16(11-26)19-23-22-18(24(19)2)13-25-8-4-3-5-9-25/h14,16H,3-13H2,1-2H3,(H,20,21)/t16-/m0/s1. The van der Waals surface area contributed by atoms with Crippen molar-refractivity contribution < 1.29 is 0 Å². The summed E-state index contributed by atoms with van der Waals surface area (Å²) in [6.07, 6.45) is 8.20. The number of imidazole rings is 1. The first-order valence-corrected chi connectivity index (χ1v) is 10.0. The molecule has 1 atom stereocenters. The Kier molecular flexibility index (Phi) is 5.36. The van der Waals surface area contributed by atoms with Crippen LogP contribution in [0.15, 0.2) is 6.33 Å². The van der Waals surface area contributed by atoms with Crippen molar-refractivity contribution >= 4 is 0 Å². The molecule has 0 aliphatic carbocycles. The molecule has 0 bridgehead atoms. The predicted octanol–water partition coefficient (Wildman–Crippen LogP) is 2.21. The summed E-state index contributed by atoms with van der Waals surface area (Å²) in [6, 6.07) is 0. The second-order valence-corrected chi connectivity index (χ2v) is 7.92. The van der Waals surface area contributed by atoms with Crippen LogP contribution in [0.25, 0.3) is 0 Å². The molecule has 0 amide bonds. The maximum absolute atomic E-state index is 4.59. The summed E-state index contributed by atoms with van der Waals surface area (Å²) < 4.78 is 2.25. The number of hydrogen-bond donors (Lipinski definition) is 1. The van der Waals surface area contributed by atoms with E-state index in [9.17, 15) is 0 Å². The summed E-state index contributed by atoms with van der Waals surface area (Å²) in [7, 11) is 2.14. The van der Waals surface area contributed by atoms with Gasteiger partial charge < -0.3 is 9.55 Å². The van der Waals surface area contributed by atoms with E-state index in [2.05, 4.69) is 48.5 Å². The van der Waals surface area contributed by atoms with Gasteiger partial charge in [0.2, 0.25) is 0 Å². The van der Waals surface area contributed by atoms with Gasteiger partial charge in [-0.1, -0.05) is 6.42 Å². The lowest BCUT2D eigenvalue weighted by Gasteiger charge is -2.32. The monoisotopic (exact) mass is 357 g/mol. The summed E-state index contributed by atoms with van der Waals surface area (Å²) >= 11 is 0. The highest BCUT2D eigenvalue weighted by atomic mass is 15.3. The number of nitrogens with one attached hydrogen (secondary N) is 1. The van der Waals surface area contributed by atoms with Crippen LogP contribution in [0.1, 0.15) is 61.1 Å². The summed E-state index contributed by atoms with van der Waals surface area (Å²) in [4.78, 5) is 12.7. The summed E-state index contributed by atoms with van der Waals surface area (Å²) in [5.74, 6) is 2.73. The molecule has 2 aromatic rings. The zero-order chi connectivity index (χ0) is 17.9. The lowest BCUT2D eigenvalue weighted by atomic mass is 9.97. The van der Waals surface area contributed by atoms with Crippen molar-refractivity contribution in [1.82, 2.24) is 34.5 Å². The van der Waals surface area contributed by atoms with Gasteiger partial charge in [0, 0.05) is 31.7 Å². The zero-order valence-corrected chi connectivity index (χ0v) is 16.1. The summed E-state index contributed by atoms with van der Waals surface area (Å²) in [5.41, 5.74) is 2.34. The van der Waals surface area contributed by atoms with Crippen LogP contribution in [0.3, 0.4) is 0 Å². The second-order valence-electron chi connectivity index (χ2n) is 7.92. The molecule has 2 aliphatic rings. The van der Waals surface area contributed by atoms with Gasteiger partial charge >= 0.3 is 0 Å². The number of piperidine rings is 2. The Morgan fingerprint density at radius 2 is 1.85 bits per heavy atom. The lowest BCUT2D eigenvalue weighted by Crippen LogP contribution is -2.35. The van der Waals surface area contributed by atoms with Crippen LogP contribution < -0.4 is 0 Å². The SMILES string of the molecule is Cc1[nH]cnc1CN1CCC[C@H](c2nnc(CN3CCCCC3)n2C)C1. The van der Waals surface area contributed by atoms with E-state index in [0.717, 1.165) is 43.5 Å². The largest absolute Gasteiger partial charge is 0.348 e. The topological polar surface area (TPSA) is 65.9 Å². The second kappa shape index (κ2) is 7.88. The highest BCUT2D eigenvalue weighted by molar-refractivity contribution is 5.10. The minimum Gasteiger partial charge on any atom is -0.348 e. The van der Waals surface area contributed by atoms with Crippen molar-refractivity contribution in [2.45, 2.75) is 58.0 Å². The van der Waals surface area contributed by atoms with E-state index >= 15 is 0 Å². The van der Waals surface area contributed by atoms with Gasteiger partial charge in [0.05, 0.1) is 18.6 Å². The van der Waals surface area contributed by atoms with Crippen molar-refractivity contribution in [2.24, 2.45) is 7.05 Å². The zero-order valence-electron chi connectivity index (χ0n) is 16.1. The molecule has 2 aliphatic heterocycles. The molecule has 0 radical (unpaired) electrons. The Bertz CT molecular complexity index is 713. The number of H-pyrrole nitrogens is 1. The molecule has 4 rings (SSSR count). The van der Waals surface area contributed by atoms with Crippen molar-refractivity contribution in [3.63, 3.8) is 0 Å². The van der Waals surface area contributed by atoms with Gasteiger partial charge in [0.15, 0.2) is 0 Å². The van der Waals surface area contributed by atoms with Crippen LogP contribution in [0.2, 0.25) is 0 Å². The molecule has 2 fully saturated rings. The number of nitrogens with zero attached hydrogens (tertiary/aromatic N) is 6. The van der Waals surface area contributed by atoms with E-state index in [4.69, 9.17) is 0 Å². The maximum Gasteiger partial charge on any atom is 0.146 e. The summed E-state index contributed by atoms with van der Waals surface area (Å²) in [5, 5.41) is 9.13. The molecule has 0 saturated carbocycles. The van der Waals surface area contributed by atoms with E-state index in [0.29, 0.717) is 5.92 Å². The molecule has 7 nitrogen and oxygen atoms in total. The number of rotatable bonds is 5. The Balaban J connectivity index is 1.41. The number of hydrogen-bond acceptors (Lipinski definition) is 5. The van der Waals surface area contributed by atoms with Gasteiger partial charge in [0.25, 0.3) is 0 Å². The molecular weight excluding hydrogens is 326 g/mol. The fourth-order valence-electron chi connectivity index (χ4n) is 4.35. The van der Waals surface area contributed by atoms with Gasteiger partial charge in [-0.15, -0.1) is 10.2 Å². The first-order chi connectivity index (χ1) is 12.7. The van der Waals surface area contributed by atoms with Crippen LogP contribution in [-0.2, 0) is 20.1 Å². The Labute approximate surface area is 155 Å². The molecule has 7 heteroatoms. The molecule has 2 saturated heterocycles. The van der Waals surface area contributed by atoms with Gasteiger partial charge in [-0.25, -0.2) is 4.98 Å². The average molecular weight is 358 g/mol. The van der Waals surface area contributed by atoms with E-state index in [1.54, 1.807) is 6.33 Å². The van der Waals surface area contributed by atoms with Gasteiger partial charge in [-0.2, -0.15) is 0 Å². The van der Waals surface area contributed by atoms with Crippen molar-refractivity contribution in [3.05, 3.63) is 29.4 Å².